The summed E-state index contributed by atoms with van der Waals surface area (Å²) in [7, 11) is 3.26. The second-order valence-electron chi connectivity index (χ2n) is 4.21. The lowest BCUT2D eigenvalue weighted by Crippen LogP contribution is -2.25. The number of aromatic nitrogens is 2. The molecule has 0 saturated heterocycles. The Labute approximate surface area is 117 Å². The average Bonchev–Trinajstić information content (AvgIpc) is 2.51. The van der Waals surface area contributed by atoms with Gasteiger partial charge in [0.25, 0.3) is 0 Å². The molecule has 0 aliphatic heterocycles. The van der Waals surface area contributed by atoms with Crippen LogP contribution in [0, 0.1) is 12.3 Å². The van der Waals surface area contributed by atoms with E-state index in [1.54, 1.807) is 31.2 Å². The monoisotopic (exact) mass is 269 g/mol. The third-order valence-electron chi connectivity index (χ3n) is 3.11. The first-order chi connectivity index (χ1) is 9.62. The van der Waals surface area contributed by atoms with Gasteiger partial charge in [-0.2, -0.15) is 0 Å². The largest absolute Gasteiger partial charge is 0.494 e. The molecule has 2 aromatic rings. The Bertz CT molecular complexity index is 704. The summed E-state index contributed by atoms with van der Waals surface area (Å²) in [4.78, 5) is 21.6. The van der Waals surface area contributed by atoms with E-state index in [9.17, 15) is 4.79 Å². The molecule has 2 rings (SSSR count). The lowest BCUT2D eigenvalue weighted by atomic mass is 10.1. The maximum atomic E-state index is 11.9. The van der Waals surface area contributed by atoms with Crippen molar-refractivity contribution in [2.45, 2.75) is 13.3 Å². The predicted molar refractivity (Wildman–Crippen MR) is 77.7 cm³/mol. The van der Waals surface area contributed by atoms with Crippen LogP contribution in [0.2, 0.25) is 0 Å². The first kappa shape index (κ1) is 13.8. The van der Waals surface area contributed by atoms with Crippen LogP contribution < -0.4 is 9.64 Å². The number of carbonyl (C=O) groups is 1. The zero-order valence-electron chi connectivity index (χ0n) is 11.7. The molecule has 0 aliphatic rings. The van der Waals surface area contributed by atoms with Crippen molar-refractivity contribution in [3.8, 4) is 18.1 Å². The first-order valence-corrected chi connectivity index (χ1v) is 6.18. The fourth-order valence-electron chi connectivity index (χ4n) is 1.98. The quantitative estimate of drug-likeness (QED) is 0.800. The summed E-state index contributed by atoms with van der Waals surface area (Å²) in [6.07, 6.45) is 7.27. The molecule has 0 fully saturated rings. The molecule has 1 heterocycles. The number of methoxy groups -OCH3 is 1. The van der Waals surface area contributed by atoms with Gasteiger partial charge < -0.3 is 9.64 Å². The Morgan fingerprint density at radius 3 is 2.80 bits per heavy atom. The number of fused-ring (bicyclic) bond motifs is 1. The number of nitrogens with zero attached hydrogens (tertiary/aromatic N) is 3. The van der Waals surface area contributed by atoms with Gasteiger partial charge in [-0.3, -0.25) is 4.79 Å². The number of ether oxygens (including phenoxy) is 1. The molecule has 0 spiro atoms. The zero-order chi connectivity index (χ0) is 14.7. The molecule has 20 heavy (non-hydrogen) atoms. The number of carbonyl (C=O) groups excluding carboxylic acids is 1. The van der Waals surface area contributed by atoms with E-state index >= 15 is 0 Å². The highest BCUT2D eigenvalue weighted by molar-refractivity contribution is 5.98. The first-order valence-electron chi connectivity index (χ1n) is 6.18. The summed E-state index contributed by atoms with van der Waals surface area (Å²) in [5.74, 6) is 3.08. The molecule has 1 aromatic heterocycles. The molecule has 0 saturated carbocycles. The van der Waals surface area contributed by atoms with Crippen molar-refractivity contribution < 1.29 is 9.53 Å². The van der Waals surface area contributed by atoms with Crippen molar-refractivity contribution in [3.63, 3.8) is 0 Å². The fourth-order valence-corrected chi connectivity index (χ4v) is 1.98. The number of hydrogen-bond acceptors (Lipinski definition) is 4. The average molecular weight is 269 g/mol. The van der Waals surface area contributed by atoms with Crippen molar-refractivity contribution in [1.82, 2.24) is 9.97 Å². The van der Waals surface area contributed by atoms with Gasteiger partial charge in [-0.1, -0.05) is 6.92 Å². The fraction of sp³-hybridized carbons (Fsp3) is 0.267. The van der Waals surface area contributed by atoms with E-state index in [0.29, 0.717) is 29.1 Å². The van der Waals surface area contributed by atoms with Crippen LogP contribution in [-0.4, -0.2) is 30.0 Å². The van der Waals surface area contributed by atoms with Gasteiger partial charge in [0.05, 0.1) is 18.3 Å². The molecule has 5 nitrogen and oxygen atoms in total. The van der Waals surface area contributed by atoms with Crippen LogP contribution in [0.4, 0.5) is 5.69 Å². The van der Waals surface area contributed by atoms with Gasteiger partial charge in [-0.15, -0.1) is 6.42 Å². The minimum absolute atomic E-state index is 0.0123. The van der Waals surface area contributed by atoms with Crippen molar-refractivity contribution in [2.24, 2.45) is 0 Å². The van der Waals surface area contributed by atoms with E-state index in [4.69, 9.17) is 11.2 Å². The highest BCUT2D eigenvalue weighted by Gasteiger charge is 2.16. The standard InChI is InChI=1S/C15H15N3O2/c1-5-11-10-7-13(18(3)15(19)6-2)14(20-4)8-12(10)17-9-16-11/h1,7-9H,6H2,2-4H3. The summed E-state index contributed by atoms with van der Waals surface area (Å²) in [6.45, 7) is 1.81. The molecule has 102 valence electrons. The van der Waals surface area contributed by atoms with E-state index in [1.807, 2.05) is 6.92 Å². The molecular formula is C15H15N3O2. The van der Waals surface area contributed by atoms with Gasteiger partial charge in [0, 0.05) is 24.9 Å². The highest BCUT2D eigenvalue weighted by atomic mass is 16.5. The third-order valence-corrected chi connectivity index (χ3v) is 3.11. The maximum Gasteiger partial charge on any atom is 0.226 e. The Kier molecular flexibility index (Phi) is 3.85. The van der Waals surface area contributed by atoms with Crippen LogP contribution >= 0.6 is 0 Å². The third kappa shape index (κ3) is 2.28. The number of amides is 1. The van der Waals surface area contributed by atoms with E-state index < -0.39 is 0 Å². The molecule has 0 unspecified atom stereocenters. The Morgan fingerprint density at radius 2 is 2.20 bits per heavy atom. The summed E-state index contributed by atoms with van der Waals surface area (Å²) < 4.78 is 5.34. The summed E-state index contributed by atoms with van der Waals surface area (Å²) in [6, 6.07) is 3.55. The van der Waals surface area contributed by atoms with E-state index in [1.165, 1.54) is 6.33 Å². The van der Waals surface area contributed by atoms with Gasteiger partial charge in [0.2, 0.25) is 5.91 Å². The molecule has 1 aromatic carbocycles. The van der Waals surface area contributed by atoms with Gasteiger partial charge >= 0.3 is 0 Å². The molecule has 0 aliphatic carbocycles. The van der Waals surface area contributed by atoms with E-state index in [0.717, 1.165) is 5.39 Å². The summed E-state index contributed by atoms with van der Waals surface area (Å²) in [5.41, 5.74) is 1.83. The summed E-state index contributed by atoms with van der Waals surface area (Å²) >= 11 is 0. The van der Waals surface area contributed by atoms with Crippen molar-refractivity contribution >= 4 is 22.5 Å². The second-order valence-corrected chi connectivity index (χ2v) is 4.21. The Hall–Kier alpha value is -2.61. The van der Waals surface area contributed by atoms with Crippen LogP contribution in [0.3, 0.4) is 0 Å². The van der Waals surface area contributed by atoms with Crippen molar-refractivity contribution in [3.05, 3.63) is 24.2 Å². The number of benzene rings is 1. The molecular weight excluding hydrogens is 254 g/mol. The Balaban J connectivity index is 2.70. The second kappa shape index (κ2) is 5.57. The predicted octanol–water partition coefficient (Wildman–Crippen LogP) is 1.99. The highest BCUT2D eigenvalue weighted by Crippen LogP contribution is 2.32. The SMILES string of the molecule is C#Cc1ncnc2cc(OC)c(N(C)C(=O)CC)cc12. The zero-order valence-corrected chi connectivity index (χ0v) is 11.7. The van der Waals surface area contributed by atoms with Crippen molar-refractivity contribution in [2.75, 3.05) is 19.1 Å². The van der Waals surface area contributed by atoms with E-state index in [2.05, 4.69) is 15.9 Å². The molecule has 0 radical (unpaired) electrons. The van der Waals surface area contributed by atoms with Crippen LogP contribution in [0.1, 0.15) is 19.0 Å². The molecule has 0 bridgehead atoms. The minimum Gasteiger partial charge on any atom is -0.494 e. The molecule has 5 heteroatoms. The molecule has 1 amide bonds. The number of hydrogen-bond donors (Lipinski definition) is 0. The van der Waals surface area contributed by atoms with Crippen LogP contribution in [0.5, 0.6) is 5.75 Å². The Morgan fingerprint density at radius 1 is 1.45 bits per heavy atom. The van der Waals surface area contributed by atoms with Crippen LogP contribution in [-0.2, 0) is 4.79 Å². The van der Waals surface area contributed by atoms with Crippen LogP contribution in [0.25, 0.3) is 10.9 Å². The topological polar surface area (TPSA) is 55.3 Å². The minimum atomic E-state index is -0.0123. The molecule has 0 N–H and O–H groups in total. The number of anilines is 1. The lowest BCUT2D eigenvalue weighted by molar-refractivity contribution is -0.118. The number of terminal acetylenes is 1. The van der Waals surface area contributed by atoms with E-state index in [-0.39, 0.29) is 5.91 Å². The summed E-state index contributed by atoms with van der Waals surface area (Å²) in [5, 5.41) is 0.724. The number of rotatable bonds is 3. The van der Waals surface area contributed by atoms with Gasteiger partial charge in [-0.25, -0.2) is 9.97 Å². The van der Waals surface area contributed by atoms with Gasteiger partial charge in [0.15, 0.2) is 0 Å². The van der Waals surface area contributed by atoms with Gasteiger partial charge in [0.1, 0.15) is 17.8 Å². The van der Waals surface area contributed by atoms with Crippen LogP contribution in [0.15, 0.2) is 18.5 Å². The molecule has 0 atom stereocenters. The smallest absolute Gasteiger partial charge is 0.226 e. The van der Waals surface area contributed by atoms with Gasteiger partial charge in [-0.05, 0) is 12.0 Å². The normalized spacial score (nSPS) is 10.1. The lowest BCUT2D eigenvalue weighted by Gasteiger charge is -2.20. The van der Waals surface area contributed by atoms with Crippen molar-refractivity contribution in [1.29, 1.82) is 0 Å². The maximum absolute atomic E-state index is 11.9.